The number of carboxylic acids is 1. The Balaban J connectivity index is 2.97. The Morgan fingerprint density at radius 3 is 2.60 bits per heavy atom. The van der Waals surface area contributed by atoms with Gasteiger partial charge in [-0.2, -0.15) is 0 Å². The van der Waals surface area contributed by atoms with E-state index in [1.54, 1.807) is 11.9 Å². The van der Waals surface area contributed by atoms with Crippen molar-refractivity contribution in [3.05, 3.63) is 41.2 Å². The topological polar surface area (TPSA) is 57.6 Å². The number of hydrogen-bond donors (Lipinski definition) is 1. The fourth-order valence-corrected chi connectivity index (χ4v) is 1.63. The van der Waals surface area contributed by atoms with E-state index in [2.05, 4.69) is 0 Å². The molecule has 0 aliphatic rings. The van der Waals surface area contributed by atoms with Crippen molar-refractivity contribution in [3.63, 3.8) is 0 Å². The second-order valence-electron chi connectivity index (χ2n) is 4.58. The quantitative estimate of drug-likeness (QED) is 0.843. The summed E-state index contributed by atoms with van der Waals surface area (Å²) in [5, 5.41) is 8.50. The van der Waals surface area contributed by atoms with Gasteiger partial charge in [-0.3, -0.25) is 4.79 Å². The smallest absolute Gasteiger partial charge is 0.328 e. The van der Waals surface area contributed by atoms with Crippen molar-refractivity contribution in [1.29, 1.82) is 0 Å². The number of aliphatic carboxylic acids is 1. The van der Waals surface area contributed by atoms with Crippen LogP contribution in [-0.4, -0.2) is 35.0 Å². The molecule has 1 rings (SSSR count). The summed E-state index contributed by atoms with van der Waals surface area (Å²) in [5.41, 5.74) is 0.382. The molecule has 0 spiro atoms. The molecule has 0 aliphatic heterocycles. The number of carboxylic acid groups (broad SMARTS) is 1. The van der Waals surface area contributed by atoms with Crippen LogP contribution in [0.25, 0.3) is 6.08 Å². The molecule has 0 radical (unpaired) electrons. The average molecular weight is 279 g/mol. The van der Waals surface area contributed by atoms with Crippen LogP contribution in [0.5, 0.6) is 0 Å². The molecule has 4 nitrogen and oxygen atoms in total. The molecule has 1 aromatic rings. The summed E-state index contributed by atoms with van der Waals surface area (Å²) in [7, 11) is 1.67. The number of amides is 1. The molecule has 0 aromatic heterocycles. The van der Waals surface area contributed by atoms with E-state index in [-0.39, 0.29) is 23.1 Å². The maximum Gasteiger partial charge on any atom is 0.328 e. The van der Waals surface area contributed by atoms with Crippen molar-refractivity contribution >= 4 is 18.0 Å². The van der Waals surface area contributed by atoms with Gasteiger partial charge >= 0.3 is 5.97 Å². The van der Waals surface area contributed by atoms with Crippen LogP contribution in [0.15, 0.2) is 24.3 Å². The molecule has 20 heavy (non-hydrogen) atoms. The Labute approximate surface area is 117 Å². The fourth-order valence-electron chi connectivity index (χ4n) is 1.63. The summed E-state index contributed by atoms with van der Waals surface area (Å²) < 4.78 is 13.8. The number of halogens is 1. The molecule has 0 heterocycles. The molecule has 1 amide bonds. The molecule has 1 N–H and O–H groups in total. The molecule has 0 fully saturated rings. The molecule has 0 saturated carbocycles. The number of hydrogen-bond acceptors (Lipinski definition) is 2. The van der Waals surface area contributed by atoms with Crippen molar-refractivity contribution < 1.29 is 19.1 Å². The maximum atomic E-state index is 13.8. The second-order valence-corrected chi connectivity index (χ2v) is 4.58. The van der Waals surface area contributed by atoms with Gasteiger partial charge in [-0.1, -0.05) is 13.0 Å². The van der Waals surface area contributed by atoms with Crippen LogP contribution < -0.4 is 0 Å². The van der Waals surface area contributed by atoms with Crippen molar-refractivity contribution in [3.8, 4) is 0 Å². The SMILES string of the molecule is CCC(C)N(C)C(=O)c1ccc(C=CC(=O)O)c(F)c1. The van der Waals surface area contributed by atoms with Crippen molar-refractivity contribution in [2.75, 3.05) is 7.05 Å². The van der Waals surface area contributed by atoms with Crippen LogP contribution in [0.2, 0.25) is 0 Å². The Kier molecular flexibility index (Phi) is 5.43. The normalized spacial score (nSPS) is 12.4. The van der Waals surface area contributed by atoms with E-state index < -0.39 is 11.8 Å². The van der Waals surface area contributed by atoms with E-state index in [0.29, 0.717) is 0 Å². The standard InChI is InChI=1S/C15H18FNO3/c1-4-10(2)17(3)15(20)12-6-5-11(13(16)9-12)7-8-14(18)19/h5-10H,4H2,1-3H3,(H,18,19). The number of rotatable bonds is 5. The summed E-state index contributed by atoms with van der Waals surface area (Å²) >= 11 is 0. The molecule has 0 bridgehead atoms. The molecule has 1 atom stereocenters. The summed E-state index contributed by atoms with van der Waals surface area (Å²) in [6, 6.07) is 4.08. The predicted molar refractivity (Wildman–Crippen MR) is 74.9 cm³/mol. The monoisotopic (exact) mass is 279 g/mol. The van der Waals surface area contributed by atoms with Gasteiger partial charge in [0.15, 0.2) is 0 Å². The average Bonchev–Trinajstić information content (AvgIpc) is 2.43. The molecule has 5 heteroatoms. The van der Waals surface area contributed by atoms with Crippen LogP contribution >= 0.6 is 0 Å². The highest BCUT2D eigenvalue weighted by Gasteiger charge is 2.17. The lowest BCUT2D eigenvalue weighted by Gasteiger charge is -2.23. The first kappa shape index (κ1) is 15.9. The van der Waals surface area contributed by atoms with Crippen LogP contribution in [0.3, 0.4) is 0 Å². The van der Waals surface area contributed by atoms with Gasteiger partial charge in [0.25, 0.3) is 5.91 Å². The Morgan fingerprint density at radius 2 is 2.10 bits per heavy atom. The van der Waals surface area contributed by atoms with Gasteiger partial charge in [0.1, 0.15) is 5.82 Å². The predicted octanol–water partition coefficient (Wildman–Crippen LogP) is 2.79. The van der Waals surface area contributed by atoms with Crippen LogP contribution in [0.1, 0.15) is 36.2 Å². The van der Waals surface area contributed by atoms with E-state index in [0.717, 1.165) is 24.6 Å². The Hall–Kier alpha value is -2.17. The third-order valence-corrected chi connectivity index (χ3v) is 3.23. The molecular weight excluding hydrogens is 261 g/mol. The first-order valence-corrected chi connectivity index (χ1v) is 6.34. The summed E-state index contributed by atoms with van der Waals surface area (Å²) in [6.45, 7) is 3.88. The molecular formula is C15H18FNO3. The lowest BCUT2D eigenvalue weighted by molar-refractivity contribution is -0.131. The van der Waals surface area contributed by atoms with Crippen LogP contribution in [0, 0.1) is 5.82 Å². The lowest BCUT2D eigenvalue weighted by Crippen LogP contribution is -2.34. The van der Waals surface area contributed by atoms with Crippen molar-refractivity contribution in [1.82, 2.24) is 4.90 Å². The summed E-state index contributed by atoms with van der Waals surface area (Å²) in [6.07, 6.45) is 2.82. The first-order valence-electron chi connectivity index (χ1n) is 6.34. The third-order valence-electron chi connectivity index (χ3n) is 3.23. The van der Waals surface area contributed by atoms with Gasteiger partial charge in [0.2, 0.25) is 0 Å². The maximum absolute atomic E-state index is 13.8. The van der Waals surface area contributed by atoms with E-state index in [9.17, 15) is 14.0 Å². The zero-order valence-electron chi connectivity index (χ0n) is 11.8. The minimum Gasteiger partial charge on any atom is -0.478 e. The number of carbonyl (C=O) groups excluding carboxylic acids is 1. The molecule has 1 unspecified atom stereocenters. The van der Waals surface area contributed by atoms with Crippen molar-refractivity contribution in [2.24, 2.45) is 0 Å². The van der Waals surface area contributed by atoms with E-state index in [4.69, 9.17) is 5.11 Å². The van der Waals surface area contributed by atoms with E-state index >= 15 is 0 Å². The molecule has 108 valence electrons. The Morgan fingerprint density at radius 1 is 1.45 bits per heavy atom. The van der Waals surface area contributed by atoms with Gasteiger partial charge in [0, 0.05) is 30.3 Å². The van der Waals surface area contributed by atoms with E-state index in [1.165, 1.54) is 12.1 Å². The third kappa shape index (κ3) is 3.91. The van der Waals surface area contributed by atoms with Gasteiger partial charge in [-0.15, -0.1) is 0 Å². The number of carbonyl (C=O) groups is 2. The van der Waals surface area contributed by atoms with Gasteiger partial charge in [0.05, 0.1) is 0 Å². The minimum atomic E-state index is -1.15. The second kappa shape index (κ2) is 6.84. The summed E-state index contributed by atoms with van der Waals surface area (Å²) in [5.74, 6) is -2.03. The highest BCUT2D eigenvalue weighted by atomic mass is 19.1. The van der Waals surface area contributed by atoms with Gasteiger partial charge < -0.3 is 10.0 Å². The zero-order chi connectivity index (χ0) is 15.3. The lowest BCUT2D eigenvalue weighted by atomic mass is 10.1. The first-order chi connectivity index (χ1) is 9.36. The molecule has 0 aliphatic carbocycles. The number of nitrogens with zero attached hydrogens (tertiary/aromatic N) is 1. The number of benzene rings is 1. The van der Waals surface area contributed by atoms with Crippen LogP contribution in [-0.2, 0) is 4.79 Å². The Bertz CT molecular complexity index is 540. The highest BCUT2D eigenvalue weighted by molar-refractivity contribution is 5.94. The minimum absolute atomic E-state index is 0.0668. The summed E-state index contributed by atoms with van der Waals surface area (Å²) in [4.78, 5) is 24.1. The zero-order valence-corrected chi connectivity index (χ0v) is 11.8. The highest BCUT2D eigenvalue weighted by Crippen LogP contribution is 2.15. The largest absolute Gasteiger partial charge is 0.478 e. The van der Waals surface area contributed by atoms with E-state index in [1.807, 2.05) is 13.8 Å². The fraction of sp³-hybridized carbons (Fsp3) is 0.333. The van der Waals surface area contributed by atoms with Crippen LogP contribution in [0.4, 0.5) is 4.39 Å². The van der Waals surface area contributed by atoms with Gasteiger partial charge in [-0.05, 0) is 31.6 Å². The molecule has 0 saturated heterocycles. The van der Waals surface area contributed by atoms with Crippen molar-refractivity contribution in [2.45, 2.75) is 26.3 Å². The van der Waals surface area contributed by atoms with Gasteiger partial charge in [-0.25, -0.2) is 9.18 Å². The molecule has 1 aromatic carbocycles.